The highest BCUT2D eigenvalue weighted by atomic mass is 35.5. The SMILES string of the molecule is CC(=O)c1csc(NS(=O)(=O)c2cc(Cl)ccc2Cl)n1. The first-order chi connectivity index (χ1) is 9.29. The highest BCUT2D eigenvalue weighted by molar-refractivity contribution is 7.93. The zero-order valence-corrected chi connectivity index (χ0v) is 13.2. The lowest BCUT2D eigenvalue weighted by molar-refractivity contribution is 0.101. The Balaban J connectivity index is 2.35. The molecule has 0 spiro atoms. The number of rotatable bonds is 4. The Bertz CT molecular complexity index is 772. The molecule has 0 amide bonds. The van der Waals surface area contributed by atoms with Crippen molar-refractivity contribution < 1.29 is 13.2 Å². The van der Waals surface area contributed by atoms with E-state index in [4.69, 9.17) is 23.2 Å². The standard InChI is InChI=1S/C11H8Cl2N2O3S2/c1-6(16)9-5-19-11(14-9)15-20(17,18)10-4-7(12)2-3-8(10)13/h2-5H,1H3,(H,14,15). The van der Waals surface area contributed by atoms with Gasteiger partial charge < -0.3 is 0 Å². The number of benzene rings is 1. The largest absolute Gasteiger partial charge is 0.293 e. The summed E-state index contributed by atoms with van der Waals surface area (Å²) in [6.45, 7) is 1.35. The maximum Gasteiger partial charge on any atom is 0.265 e. The van der Waals surface area contributed by atoms with Gasteiger partial charge in [-0.05, 0) is 18.2 Å². The lowest BCUT2D eigenvalue weighted by Gasteiger charge is -2.07. The van der Waals surface area contributed by atoms with Crippen LogP contribution in [0.2, 0.25) is 10.0 Å². The molecule has 9 heteroatoms. The first kappa shape index (κ1) is 15.2. The van der Waals surface area contributed by atoms with Crippen molar-refractivity contribution >= 4 is 55.5 Å². The molecule has 0 unspecified atom stereocenters. The second kappa shape index (κ2) is 5.69. The summed E-state index contributed by atoms with van der Waals surface area (Å²) < 4.78 is 26.6. The topological polar surface area (TPSA) is 76.1 Å². The molecular weight excluding hydrogens is 343 g/mol. The average Bonchev–Trinajstić information content (AvgIpc) is 2.80. The minimum Gasteiger partial charge on any atom is -0.293 e. The number of halogens is 2. The summed E-state index contributed by atoms with van der Waals surface area (Å²) in [5, 5.41) is 1.86. The summed E-state index contributed by atoms with van der Waals surface area (Å²) in [6, 6.07) is 4.12. The highest BCUT2D eigenvalue weighted by Crippen LogP contribution is 2.27. The number of aromatic nitrogens is 1. The highest BCUT2D eigenvalue weighted by Gasteiger charge is 2.20. The van der Waals surface area contributed by atoms with Crippen molar-refractivity contribution in [2.45, 2.75) is 11.8 Å². The van der Waals surface area contributed by atoms with E-state index in [0.717, 1.165) is 11.3 Å². The van der Waals surface area contributed by atoms with Gasteiger partial charge >= 0.3 is 0 Å². The molecule has 106 valence electrons. The molecule has 0 saturated carbocycles. The van der Waals surface area contributed by atoms with E-state index in [9.17, 15) is 13.2 Å². The van der Waals surface area contributed by atoms with Crippen LogP contribution in [0.5, 0.6) is 0 Å². The van der Waals surface area contributed by atoms with Gasteiger partial charge in [-0.2, -0.15) is 0 Å². The van der Waals surface area contributed by atoms with Gasteiger partial charge in [0.05, 0.1) is 5.02 Å². The number of nitrogens with one attached hydrogen (secondary N) is 1. The van der Waals surface area contributed by atoms with Crippen LogP contribution in [-0.2, 0) is 10.0 Å². The molecule has 0 bridgehead atoms. The maximum atomic E-state index is 12.2. The molecular formula is C11H8Cl2N2O3S2. The molecule has 0 aliphatic carbocycles. The molecule has 0 atom stereocenters. The molecule has 1 N–H and O–H groups in total. The van der Waals surface area contributed by atoms with E-state index in [1.54, 1.807) is 0 Å². The van der Waals surface area contributed by atoms with Crippen LogP contribution in [0.3, 0.4) is 0 Å². The van der Waals surface area contributed by atoms with Crippen LogP contribution < -0.4 is 4.72 Å². The average molecular weight is 351 g/mol. The Kier molecular flexibility index (Phi) is 4.33. The van der Waals surface area contributed by atoms with Gasteiger partial charge in [0.25, 0.3) is 10.0 Å². The predicted molar refractivity (Wildman–Crippen MR) is 79.4 cm³/mol. The smallest absolute Gasteiger partial charge is 0.265 e. The minimum atomic E-state index is -3.91. The monoisotopic (exact) mass is 350 g/mol. The second-order valence-electron chi connectivity index (χ2n) is 3.77. The fourth-order valence-electron chi connectivity index (χ4n) is 1.34. The molecule has 2 rings (SSSR count). The van der Waals surface area contributed by atoms with E-state index >= 15 is 0 Å². The van der Waals surface area contributed by atoms with Crippen molar-refractivity contribution in [2.75, 3.05) is 4.72 Å². The number of anilines is 1. The normalized spacial score (nSPS) is 11.3. The van der Waals surface area contributed by atoms with Crippen LogP contribution in [0.15, 0.2) is 28.5 Å². The number of sulfonamides is 1. The number of hydrogen-bond acceptors (Lipinski definition) is 5. The Labute approximate surface area is 129 Å². The van der Waals surface area contributed by atoms with Gasteiger partial charge in [-0.1, -0.05) is 23.2 Å². The fourth-order valence-corrected chi connectivity index (χ4v) is 4.10. The number of ketones is 1. The summed E-state index contributed by atoms with van der Waals surface area (Å²) in [6.07, 6.45) is 0. The molecule has 2 aromatic rings. The Morgan fingerprint density at radius 2 is 2.05 bits per heavy atom. The van der Waals surface area contributed by atoms with Crippen molar-refractivity contribution in [2.24, 2.45) is 0 Å². The number of hydrogen-bond donors (Lipinski definition) is 1. The van der Waals surface area contributed by atoms with Crippen LogP contribution in [-0.4, -0.2) is 19.2 Å². The number of Topliss-reactive ketones (excluding diaryl/α,β-unsaturated/α-hetero) is 1. The number of carbonyl (C=O) groups is 1. The fraction of sp³-hybridized carbons (Fsp3) is 0.0909. The molecule has 0 radical (unpaired) electrons. The molecule has 1 aromatic carbocycles. The number of carbonyl (C=O) groups excluding carboxylic acids is 1. The number of thiazole rings is 1. The van der Waals surface area contributed by atoms with Crippen molar-refractivity contribution in [3.63, 3.8) is 0 Å². The van der Waals surface area contributed by atoms with E-state index in [1.807, 2.05) is 0 Å². The lowest BCUT2D eigenvalue weighted by atomic mass is 10.4. The van der Waals surface area contributed by atoms with E-state index in [-0.39, 0.29) is 31.5 Å². The third kappa shape index (κ3) is 3.29. The van der Waals surface area contributed by atoms with Crippen molar-refractivity contribution in [1.82, 2.24) is 4.98 Å². The van der Waals surface area contributed by atoms with E-state index in [2.05, 4.69) is 9.71 Å². The van der Waals surface area contributed by atoms with Crippen LogP contribution >= 0.6 is 34.5 Å². The lowest BCUT2D eigenvalue weighted by Crippen LogP contribution is -2.13. The first-order valence-electron chi connectivity index (χ1n) is 5.24. The second-order valence-corrected chi connectivity index (χ2v) is 7.13. The summed E-state index contributed by atoms with van der Waals surface area (Å²) in [4.78, 5) is 14.8. The Morgan fingerprint density at radius 1 is 1.35 bits per heavy atom. The van der Waals surface area contributed by atoms with E-state index in [1.165, 1.54) is 30.5 Å². The zero-order valence-electron chi connectivity index (χ0n) is 10.1. The summed E-state index contributed by atoms with van der Waals surface area (Å²) >= 11 is 12.6. The summed E-state index contributed by atoms with van der Waals surface area (Å²) in [5.41, 5.74) is 0.199. The van der Waals surface area contributed by atoms with Gasteiger partial charge in [0.15, 0.2) is 10.9 Å². The molecule has 0 aliphatic heterocycles. The van der Waals surface area contributed by atoms with Gasteiger partial charge in [-0.15, -0.1) is 11.3 Å². The van der Waals surface area contributed by atoms with Gasteiger partial charge in [0, 0.05) is 17.3 Å². The van der Waals surface area contributed by atoms with Gasteiger partial charge in [-0.25, -0.2) is 13.4 Å². The molecule has 0 saturated heterocycles. The number of nitrogens with zero attached hydrogens (tertiary/aromatic N) is 1. The van der Waals surface area contributed by atoms with Crippen molar-refractivity contribution in [1.29, 1.82) is 0 Å². The third-order valence-corrected chi connectivity index (χ3v) is 5.21. The summed E-state index contributed by atoms with van der Waals surface area (Å²) in [7, 11) is -3.91. The molecule has 0 fully saturated rings. The quantitative estimate of drug-likeness (QED) is 0.856. The molecule has 0 aliphatic rings. The maximum absolute atomic E-state index is 12.2. The van der Waals surface area contributed by atoms with Crippen LogP contribution in [0.4, 0.5) is 5.13 Å². The van der Waals surface area contributed by atoms with Gasteiger partial charge in [0.1, 0.15) is 10.6 Å². The van der Waals surface area contributed by atoms with Gasteiger partial charge in [0.2, 0.25) is 0 Å². The van der Waals surface area contributed by atoms with Crippen LogP contribution in [0, 0.1) is 0 Å². The van der Waals surface area contributed by atoms with E-state index in [0.29, 0.717) is 0 Å². The Hall–Kier alpha value is -1.15. The predicted octanol–water partition coefficient (Wildman–Crippen LogP) is 3.45. The minimum absolute atomic E-state index is 0.0465. The molecule has 5 nitrogen and oxygen atoms in total. The molecule has 20 heavy (non-hydrogen) atoms. The van der Waals surface area contributed by atoms with Crippen molar-refractivity contribution in [3.05, 3.63) is 39.3 Å². The van der Waals surface area contributed by atoms with Gasteiger partial charge in [-0.3, -0.25) is 9.52 Å². The Morgan fingerprint density at radius 3 is 2.65 bits per heavy atom. The van der Waals surface area contributed by atoms with Crippen molar-refractivity contribution in [3.8, 4) is 0 Å². The van der Waals surface area contributed by atoms with Crippen LogP contribution in [0.1, 0.15) is 17.4 Å². The van der Waals surface area contributed by atoms with E-state index < -0.39 is 10.0 Å². The molecule has 1 aromatic heterocycles. The zero-order chi connectivity index (χ0) is 14.9. The third-order valence-electron chi connectivity index (χ3n) is 2.27. The first-order valence-corrected chi connectivity index (χ1v) is 8.36. The molecule has 1 heterocycles. The summed E-state index contributed by atoms with van der Waals surface area (Å²) in [5.74, 6) is -0.243. The van der Waals surface area contributed by atoms with Crippen LogP contribution in [0.25, 0.3) is 0 Å².